The molecule has 0 spiro atoms. The lowest BCUT2D eigenvalue weighted by molar-refractivity contribution is 0.456. The third kappa shape index (κ3) is 3.00. The van der Waals surface area contributed by atoms with Gasteiger partial charge in [-0.25, -0.2) is 8.42 Å². The molecule has 1 aliphatic carbocycles. The van der Waals surface area contributed by atoms with Crippen LogP contribution < -0.4 is 5.73 Å². The molecule has 19 heavy (non-hydrogen) atoms. The fourth-order valence-electron chi connectivity index (χ4n) is 3.07. The van der Waals surface area contributed by atoms with E-state index in [1.165, 1.54) is 0 Å². The molecular weight excluding hydrogens is 258 g/mol. The summed E-state index contributed by atoms with van der Waals surface area (Å²) in [6.45, 7) is 2.33. The summed E-state index contributed by atoms with van der Waals surface area (Å²) in [7, 11) is -3.26. The highest BCUT2D eigenvalue weighted by Gasteiger charge is 2.35. The number of rotatable bonds is 3. The molecule has 2 N–H and O–H groups in total. The van der Waals surface area contributed by atoms with Gasteiger partial charge in [-0.05, 0) is 43.9 Å². The van der Waals surface area contributed by atoms with Gasteiger partial charge in [0.15, 0.2) is 9.84 Å². The highest BCUT2D eigenvalue weighted by Crippen LogP contribution is 2.32. The van der Waals surface area contributed by atoms with Gasteiger partial charge < -0.3 is 5.73 Å². The molecule has 1 aromatic carbocycles. The molecule has 1 aliphatic rings. The minimum absolute atomic E-state index is 0.104. The Morgan fingerprint density at radius 3 is 2.53 bits per heavy atom. The molecule has 2 unspecified atom stereocenters. The van der Waals surface area contributed by atoms with Crippen LogP contribution in [0.2, 0.25) is 0 Å². The molecule has 0 saturated heterocycles. The van der Waals surface area contributed by atoms with Gasteiger partial charge in [-0.2, -0.15) is 0 Å². The Balaban J connectivity index is 2.39. The van der Waals surface area contributed by atoms with Gasteiger partial charge in [0.2, 0.25) is 0 Å². The van der Waals surface area contributed by atoms with Crippen LogP contribution in [0, 0.1) is 12.8 Å². The minimum Gasteiger partial charge on any atom is -0.330 e. The summed E-state index contributed by atoms with van der Waals surface area (Å²) in [5, 5.41) is -0.305. The van der Waals surface area contributed by atoms with Crippen molar-refractivity contribution in [2.24, 2.45) is 11.7 Å². The predicted octanol–water partition coefficient (Wildman–Crippen LogP) is 2.68. The lowest BCUT2D eigenvalue weighted by Gasteiger charge is -2.24. The van der Waals surface area contributed by atoms with E-state index in [0.29, 0.717) is 11.4 Å². The summed E-state index contributed by atoms with van der Waals surface area (Å²) in [6.07, 6.45) is 4.90. The Morgan fingerprint density at radius 1 is 1.16 bits per heavy atom. The number of hydrogen-bond donors (Lipinski definition) is 1. The highest BCUT2D eigenvalue weighted by molar-refractivity contribution is 7.92. The fraction of sp³-hybridized carbons (Fsp3) is 0.600. The molecule has 0 amide bonds. The van der Waals surface area contributed by atoms with Crippen molar-refractivity contribution < 1.29 is 8.42 Å². The summed E-state index contributed by atoms with van der Waals surface area (Å²) in [5.74, 6) is 0.104. The van der Waals surface area contributed by atoms with E-state index in [1.807, 2.05) is 19.1 Å². The Morgan fingerprint density at radius 2 is 1.84 bits per heavy atom. The first-order valence-corrected chi connectivity index (χ1v) is 8.61. The van der Waals surface area contributed by atoms with Crippen LogP contribution >= 0.6 is 0 Å². The van der Waals surface area contributed by atoms with Crippen molar-refractivity contribution in [3.63, 3.8) is 0 Å². The van der Waals surface area contributed by atoms with Crippen LogP contribution in [0.5, 0.6) is 0 Å². The minimum atomic E-state index is -3.26. The first-order chi connectivity index (χ1) is 9.07. The van der Waals surface area contributed by atoms with Gasteiger partial charge in [0.05, 0.1) is 10.1 Å². The molecule has 1 saturated carbocycles. The highest BCUT2D eigenvalue weighted by atomic mass is 32.2. The lowest BCUT2D eigenvalue weighted by atomic mass is 10.0. The Bertz CT molecular complexity index is 525. The molecule has 4 heteroatoms. The smallest absolute Gasteiger partial charge is 0.181 e. The molecule has 1 fully saturated rings. The lowest BCUT2D eigenvalue weighted by Crippen LogP contribution is -2.34. The Hall–Kier alpha value is -0.870. The molecule has 2 atom stereocenters. The van der Waals surface area contributed by atoms with Gasteiger partial charge in [-0.15, -0.1) is 0 Å². The Kier molecular flexibility index (Phi) is 4.63. The van der Waals surface area contributed by atoms with Gasteiger partial charge in [0.25, 0.3) is 0 Å². The van der Waals surface area contributed by atoms with Gasteiger partial charge >= 0.3 is 0 Å². The number of benzene rings is 1. The van der Waals surface area contributed by atoms with E-state index in [2.05, 4.69) is 0 Å². The number of sulfone groups is 1. The summed E-state index contributed by atoms with van der Waals surface area (Å²) in [4.78, 5) is 0.486. The SMILES string of the molecule is Cc1ccccc1S(=O)(=O)C1CCCCCC1CN. The fourth-order valence-corrected chi connectivity index (χ4v) is 5.41. The summed E-state index contributed by atoms with van der Waals surface area (Å²) >= 11 is 0. The second-order valence-electron chi connectivity index (χ2n) is 5.48. The second-order valence-corrected chi connectivity index (χ2v) is 7.62. The first kappa shape index (κ1) is 14.5. The van der Waals surface area contributed by atoms with Crippen molar-refractivity contribution in [3.05, 3.63) is 29.8 Å². The third-order valence-corrected chi connectivity index (χ3v) is 6.68. The van der Waals surface area contributed by atoms with Crippen LogP contribution in [0.4, 0.5) is 0 Å². The predicted molar refractivity (Wildman–Crippen MR) is 77.8 cm³/mol. The zero-order valence-electron chi connectivity index (χ0n) is 11.5. The zero-order valence-corrected chi connectivity index (χ0v) is 12.3. The standard InChI is InChI=1S/C15H23NO2S/c1-12-7-5-6-9-14(12)19(17,18)15-10-4-2-3-8-13(15)11-16/h5-7,9,13,15H,2-4,8,10-11,16H2,1H3. The molecule has 2 rings (SSSR count). The maximum absolute atomic E-state index is 12.9. The molecule has 0 radical (unpaired) electrons. The quantitative estimate of drug-likeness (QED) is 0.867. The van der Waals surface area contributed by atoms with Crippen molar-refractivity contribution in [3.8, 4) is 0 Å². The van der Waals surface area contributed by atoms with E-state index in [-0.39, 0.29) is 11.2 Å². The summed E-state index contributed by atoms with van der Waals surface area (Å²) < 4.78 is 25.7. The van der Waals surface area contributed by atoms with Crippen molar-refractivity contribution >= 4 is 9.84 Å². The molecule has 0 heterocycles. The van der Waals surface area contributed by atoms with Crippen LogP contribution in [0.15, 0.2) is 29.2 Å². The molecule has 106 valence electrons. The van der Waals surface area contributed by atoms with Crippen molar-refractivity contribution in [1.29, 1.82) is 0 Å². The van der Waals surface area contributed by atoms with Crippen LogP contribution in [0.3, 0.4) is 0 Å². The first-order valence-electron chi connectivity index (χ1n) is 7.07. The van der Waals surface area contributed by atoms with E-state index in [1.54, 1.807) is 12.1 Å². The van der Waals surface area contributed by atoms with Crippen molar-refractivity contribution in [2.75, 3.05) is 6.54 Å². The monoisotopic (exact) mass is 281 g/mol. The molecular formula is C15H23NO2S. The van der Waals surface area contributed by atoms with E-state index in [9.17, 15) is 8.42 Å². The second kappa shape index (κ2) is 6.06. The maximum Gasteiger partial charge on any atom is 0.181 e. The largest absolute Gasteiger partial charge is 0.330 e. The van der Waals surface area contributed by atoms with E-state index >= 15 is 0 Å². The summed E-state index contributed by atoms with van der Waals surface area (Å²) in [5.41, 5.74) is 6.65. The maximum atomic E-state index is 12.9. The summed E-state index contributed by atoms with van der Waals surface area (Å²) in [6, 6.07) is 7.26. The van der Waals surface area contributed by atoms with Gasteiger partial charge in [-0.3, -0.25) is 0 Å². The van der Waals surface area contributed by atoms with Crippen LogP contribution in [0.25, 0.3) is 0 Å². The van der Waals surface area contributed by atoms with Crippen LogP contribution in [-0.4, -0.2) is 20.2 Å². The van der Waals surface area contributed by atoms with Crippen molar-refractivity contribution in [2.45, 2.75) is 49.2 Å². The molecule has 1 aromatic rings. The molecule has 0 aromatic heterocycles. The van der Waals surface area contributed by atoms with E-state index < -0.39 is 9.84 Å². The van der Waals surface area contributed by atoms with Gasteiger partial charge in [0.1, 0.15) is 0 Å². The number of nitrogens with two attached hydrogens (primary N) is 1. The van der Waals surface area contributed by atoms with Crippen LogP contribution in [-0.2, 0) is 9.84 Å². The average Bonchev–Trinajstić information content (AvgIpc) is 2.64. The topological polar surface area (TPSA) is 60.2 Å². The average molecular weight is 281 g/mol. The van der Waals surface area contributed by atoms with Gasteiger partial charge in [-0.1, -0.05) is 37.5 Å². The molecule has 0 aliphatic heterocycles. The Labute approximate surface area is 116 Å². The van der Waals surface area contributed by atoms with E-state index in [0.717, 1.165) is 37.7 Å². The zero-order chi connectivity index (χ0) is 13.9. The normalized spacial score (nSPS) is 24.9. The third-order valence-electron chi connectivity index (χ3n) is 4.19. The van der Waals surface area contributed by atoms with Gasteiger partial charge in [0, 0.05) is 0 Å². The number of hydrogen-bond acceptors (Lipinski definition) is 3. The molecule has 0 bridgehead atoms. The van der Waals surface area contributed by atoms with Crippen molar-refractivity contribution in [1.82, 2.24) is 0 Å². The molecule has 3 nitrogen and oxygen atoms in total. The van der Waals surface area contributed by atoms with E-state index in [4.69, 9.17) is 5.73 Å². The van der Waals surface area contributed by atoms with Crippen LogP contribution in [0.1, 0.15) is 37.7 Å². The number of aryl methyl sites for hydroxylation is 1.